The number of piperazine rings is 1. The molecule has 0 N–H and O–H groups in total. The zero-order valence-corrected chi connectivity index (χ0v) is 22.2. The molecule has 3 aliphatic rings. The highest BCUT2D eigenvalue weighted by atomic mass is 35.5. The fourth-order valence-corrected chi connectivity index (χ4v) is 5.14. The van der Waals surface area contributed by atoms with E-state index in [1.54, 1.807) is 19.2 Å². The molecule has 0 bridgehead atoms. The van der Waals surface area contributed by atoms with Crippen LogP contribution in [0.5, 0.6) is 23.0 Å². The molecule has 9 nitrogen and oxygen atoms in total. The molecule has 1 amide bonds. The Kier molecular flexibility index (Phi) is 7.95. The van der Waals surface area contributed by atoms with Gasteiger partial charge in [0, 0.05) is 62.5 Å². The number of rotatable bonds is 8. The SMILES string of the molecule is COc1cc2c(cc1CN1CCOC(COc3ccc(Cl)cc3)(CC(=O)N3CCN(C)CC3)C1)OCO2. The minimum absolute atomic E-state index is 0.0929. The van der Waals surface area contributed by atoms with Gasteiger partial charge in [-0.2, -0.15) is 0 Å². The van der Waals surface area contributed by atoms with Gasteiger partial charge in [0.1, 0.15) is 23.7 Å². The number of amides is 1. The van der Waals surface area contributed by atoms with Crippen molar-refractivity contribution in [3.63, 3.8) is 0 Å². The number of morpholine rings is 1. The van der Waals surface area contributed by atoms with E-state index in [-0.39, 0.29) is 25.7 Å². The van der Waals surface area contributed by atoms with Gasteiger partial charge >= 0.3 is 0 Å². The third-order valence-corrected chi connectivity index (χ3v) is 7.39. The van der Waals surface area contributed by atoms with Crippen LogP contribution in [0.3, 0.4) is 0 Å². The lowest BCUT2D eigenvalue weighted by Gasteiger charge is -2.43. The minimum atomic E-state index is -0.790. The van der Waals surface area contributed by atoms with Crippen LogP contribution in [0.25, 0.3) is 0 Å². The molecule has 2 aromatic rings. The number of nitrogens with zero attached hydrogens (tertiary/aromatic N) is 3. The average Bonchev–Trinajstić information content (AvgIpc) is 3.36. The summed E-state index contributed by atoms with van der Waals surface area (Å²) in [5.74, 6) is 2.93. The number of carbonyl (C=O) groups excluding carboxylic acids is 1. The predicted molar refractivity (Wildman–Crippen MR) is 139 cm³/mol. The normalized spacial score (nSPS) is 22.2. The number of hydrogen-bond acceptors (Lipinski definition) is 8. The molecular weight excluding hydrogens is 498 g/mol. The molecule has 0 radical (unpaired) electrons. The summed E-state index contributed by atoms with van der Waals surface area (Å²) in [6.07, 6.45) is 0.249. The van der Waals surface area contributed by atoms with Gasteiger partial charge in [0.05, 0.1) is 20.1 Å². The summed E-state index contributed by atoms with van der Waals surface area (Å²) in [7, 11) is 3.73. The third-order valence-electron chi connectivity index (χ3n) is 7.14. The Bertz CT molecular complexity index is 1090. The van der Waals surface area contributed by atoms with Crippen LogP contribution in [-0.4, -0.2) is 99.6 Å². The molecule has 0 saturated carbocycles. The molecule has 37 heavy (non-hydrogen) atoms. The molecule has 10 heteroatoms. The maximum Gasteiger partial charge on any atom is 0.231 e. The summed E-state index contributed by atoms with van der Waals surface area (Å²) >= 11 is 6.04. The van der Waals surface area contributed by atoms with Crippen molar-refractivity contribution < 1.29 is 28.5 Å². The van der Waals surface area contributed by atoms with Gasteiger partial charge < -0.3 is 33.5 Å². The van der Waals surface area contributed by atoms with Crippen LogP contribution in [0.4, 0.5) is 0 Å². The van der Waals surface area contributed by atoms with Crippen molar-refractivity contribution in [2.75, 3.05) is 73.4 Å². The molecule has 0 spiro atoms. The van der Waals surface area contributed by atoms with Crippen LogP contribution in [-0.2, 0) is 16.1 Å². The highest BCUT2D eigenvalue weighted by Crippen LogP contribution is 2.39. The molecule has 2 saturated heterocycles. The number of halogens is 1. The van der Waals surface area contributed by atoms with Crippen LogP contribution in [0.1, 0.15) is 12.0 Å². The molecule has 0 aliphatic carbocycles. The molecule has 3 aliphatic heterocycles. The minimum Gasteiger partial charge on any atom is -0.496 e. The van der Waals surface area contributed by atoms with E-state index in [0.29, 0.717) is 42.0 Å². The topological polar surface area (TPSA) is 72.9 Å². The van der Waals surface area contributed by atoms with Gasteiger partial charge in [-0.3, -0.25) is 9.69 Å². The first kappa shape index (κ1) is 25.9. The van der Waals surface area contributed by atoms with Crippen molar-refractivity contribution in [3.8, 4) is 23.0 Å². The fourth-order valence-electron chi connectivity index (χ4n) is 5.01. The molecule has 1 atom stereocenters. The Balaban J connectivity index is 1.33. The summed E-state index contributed by atoms with van der Waals surface area (Å²) in [5, 5.41) is 0.644. The zero-order chi connectivity index (χ0) is 25.8. The second kappa shape index (κ2) is 11.3. The van der Waals surface area contributed by atoms with Crippen LogP contribution in [0.15, 0.2) is 36.4 Å². The number of benzene rings is 2. The van der Waals surface area contributed by atoms with E-state index in [1.807, 2.05) is 29.2 Å². The molecule has 3 heterocycles. The first-order chi connectivity index (χ1) is 17.9. The van der Waals surface area contributed by atoms with Gasteiger partial charge in [-0.15, -0.1) is 0 Å². The third kappa shape index (κ3) is 6.23. The Morgan fingerprint density at radius 2 is 1.78 bits per heavy atom. The Labute approximate surface area is 222 Å². The van der Waals surface area contributed by atoms with Crippen LogP contribution >= 0.6 is 11.6 Å². The summed E-state index contributed by atoms with van der Waals surface area (Å²) in [6, 6.07) is 11.1. The Hall–Kier alpha value is -2.72. The molecule has 2 fully saturated rings. The Morgan fingerprint density at radius 3 is 2.51 bits per heavy atom. The first-order valence-electron chi connectivity index (χ1n) is 12.6. The largest absolute Gasteiger partial charge is 0.496 e. The van der Waals surface area contributed by atoms with Crippen LogP contribution in [0, 0.1) is 0 Å². The van der Waals surface area contributed by atoms with E-state index in [1.165, 1.54) is 0 Å². The number of ether oxygens (including phenoxy) is 5. The average molecular weight is 532 g/mol. The van der Waals surface area contributed by atoms with Crippen LogP contribution < -0.4 is 18.9 Å². The number of carbonyl (C=O) groups is 1. The number of likely N-dealkylation sites (N-methyl/N-ethyl adjacent to an activating group) is 1. The van der Waals surface area contributed by atoms with Gasteiger partial charge in [0.25, 0.3) is 0 Å². The fraction of sp³-hybridized carbons (Fsp3) is 0.519. The van der Waals surface area contributed by atoms with Crippen molar-refractivity contribution in [1.29, 1.82) is 0 Å². The summed E-state index contributed by atoms with van der Waals surface area (Å²) < 4.78 is 29.3. The smallest absolute Gasteiger partial charge is 0.231 e. The number of methoxy groups -OCH3 is 1. The summed E-state index contributed by atoms with van der Waals surface area (Å²) in [6.45, 7) is 6.03. The maximum absolute atomic E-state index is 13.4. The molecule has 0 aromatic heterocycles. The molecule has 2 aromatic carbocycles. The van der Waals surface area contributed by atoms with Gasteiger partial charge in [-0.25, -0.2) is 0 Å². The van der Waals surface area contributed by atoms with E-state index in [2.05, 4.69) is 16.8 Å². The van der Waals surface area contributed by atoms with Crippen molar-refractivity contribution in [3.05, 3.63) is 47.0 Å². The van der Waals surface area contributed by atoms with Crippen molar-refractivity contribution in [2.24, 2.45) is 0 Å². The van der Waals surface area contributed by atoms with Crippen molar-refractivity contribution >= 4 is 17.5 Å². The van der Waals surface area contributed by atoms with E-state index in [0.717, 1.165) is 44.0 Å². The van der Waals surface area contributed by atoms with Crippen molar-refractivity contribution in [1.82, 2.24) is 14.7 Å². The molecule has 1 unspecified atom stereocenters. The quantitative estimate of drug-likeness (QED) is 0.515. The summed E-state index contributed by atoms with van der Waals surface area (Å²) in [4.78, 5) is 19.9. The standard InChI is InChI=1S/C27H34ClN3O6/c1-29-7-9-31(10-8-29)26(32)15-27(18-34-22-5-3-21(28)4-6-22)17-30(11-12-37-27)16-20-13-24-25(36-19-35-24)14-23(20)33-2/h3-6,13-14H,7-12,15-19H2,1-2H3. The monoisotopic (exact) mass is 531 g/mol. The molecule has 5 rings (SSSR count). The lowest BCUT2D eigenvalue weighted by atomic mass is 9.96. The lowest BCUT2D eigenvalue weighted by Crippen LogP contribution is -2.58. The second-order valence-electron chi connectivity index (χ2n) is 9.86. The van der Waals surface area contributed by atoms with Gasteiger partial charge in [-0.05, 0) is 37.4 Å². The molecular formula is C27H34ClN3O6. The van der Waals surface area contributed by atoms with E-state index < -0.39 is 5.60 Å². The van der Waals surface area contributed by atoms with Gasteiger partial charge in [-0.1, -0.05) is 11.6 Å². The zero-order valence-electron chi connectivity index (χ0n) is 21.4. The van der Waals surface area contributed by atoms with E-state index in [9.17, 15) is 4.79 Å². The number of fused-ring (bicyclic) bond motifs is 1. The highest BCUT2D eigenvalue weighted by molar-refractivity contribution is 6.30. The van der Waals surface area contributed by atoms with Gasteiger partial charge in [0.2, 0.25) is 12.7 Å². The van der Waals surface area contributed by atoms with Crippen molar-refractivity contribution in [2.45, 2.75) is 18.6 Å². The number of hydrogen-bond donors (Lipinski definition) is 0. The Morgan fingerprint density at radius 1 is 1.05 bits per heavy atom. The van der Waals surface area contributed by atoms with E-state index >= 15 is 0 Å². The van der Waals surface area contributed by atoms with Crippen LogP contribution in [0.2, 0.25) is 5.02 Å². The van der Waals surface area contributed by atoms with E-state index in [4.69, 9.17) is 35.3 Å². The van der Waals surface area contributed by atoms with Gasteiger partial charge in [0.15, 0.2) is 11.5 Å². The first-order valence-corrected chi connectivity index (χ1v) is 13.0. The summed E-state index contributed by atoms with van der Waals surface area (Å²) in [5.41, 5.74) is 0.202. The second-order valence-corrected chi connectivity index (χ2v) is 10.3. The maximum atomic E-state index is 13.4. The predicted octanol–water partition coefficient (Wildman–Crippen LogP) is 2.89. The highest BCUT2D eigenvalue weighted by Gasteiger charge is 2.41. The molecule has 200 valence electrons. The lowest BCUT2D eigenvalue weighted by molar-refractivity contribution is -0.158.